The largest absolute Gasteiger partial charge is 0.0622 e. The Morgan fingerprint density at radius 3 is 0.368 bits per heavy atom. The maximum Gasteiger partial charge on any atom is 0.0406 e. The molecule has 0 saturated carbocycles. The van der Waals surface area contributed by atoms with Crippen molar-refractivity contribution >= 4 is 86.2 Å². The van der Waals surface area contributed by atoms with Gasteiger partial charge in [0.05, 0.1) is 0 Å². The molecule has 18 aromatic rings. The summed E-state index contributed by atoms with van der Waals surface area (Å²) in [5, 5.41) is 16.6. The van der Waals surface area contributed by atoms with Gasteiger partial charge in [-0.2, -0.15) is 0 Å². The zero-order valence-corrected chi connectivity index (χ0v) is 64.0. The van der Waals surface area contributed by atoms with Crippen molar-refractivity contribution in [3.8, 4) is 106 Å². The first-order chi connectivity index (χ1) is 56.1. The molecular weight excluding hydrogens is 1370 g/mol. The maximum absolute atomic E-state index is 3.97. The second-order valence-corrected chi connectivity index (χ2v) is 28.8. The highest BCUT2D eigenvalue weighted by Crippen LogP contribution is 2.44. The molecule has 18 aromatic carbocycles. The van der Waals surface area contributed by atoms with E-state index in [1.807, 2.05) is 72.8 Å². The third-order valence-electron chi connectivity index (χ3n) is 22.1. The highest BCUT2D eigenvalue weighted by Gasteiger charge is 2.26. The van der Waals surface area contributed by atoms with Gasteiger partial charge in [0.2, 0.25) is 0 Å². The lowest BCUT2D eigenvalue weighted by molar-refractivity contribution is 1.23. The van der Waals surface area contributed by atoms with E-state index in [-0.39, 0.29) is 0 Å². The zero-order valence-electron chi connectivity index (χ0n) is 64.0. The Morgan fingerprint density at radius 2 is 0.228 bits per heavy atom. The topological polar surface area (TPSA) is 0 Å². The Bertz CT molecular complexity index is 6520. The van der Waals surface area contributed by atoms with E-state index in [0.29, 0.717) is 0 Å². The fourth-order valence-electron chi connectivity index (χ4n) is 16.7. The minimum Gasteiger partial charge on any atom is -0.0622 e. The van der Waals surface area contributed by atoms with E-state index < -0.39 is 0 Å². The summed E-state index contributed by atoms with van der Waals surface area (Å²) in [5.74, 6) is 60.1. The van der Waals surface area contributed by atoms with E-state index in [2.05, 4.69) is 379 Å². The number of hydrogen-bond donors (Lipinski definition) is 0. The molecule has 0 heterocycles. The Balaban J connectivity index is 0.920. The lowest BCUT2D eigenvalue weighted by Gasteiger charge is -2.24. The third kappa shape index (κ3) is 13.0. The molecule has 0 fully saturated rings. The van der Waals surface area contributed by atoms with Crippen LogP contribution in [0.15, 0.2) is 315 Å². The molecule has 0 nitrogen and oxygen atoms in total. The SMILES string of the molecule is Cc1c(C#Cc2c3ccccc3c(C#Cc3ccccc3)c3ccccc23)c(C)c(-c2c(C)c(C#Cc3c4ccccc4c(C#Cc4ccccc4)c4ccccc34)c(C)c(C#Cc3c4ccccc4c(C#Cc4ccccc4)c4ccccc34)c2C)c(C)c1C#Cc1c2ccccc2c(C#Cc2ccccc2)c2ccccc12. The fraction of sp³-hybridized carbons (Fsp3) is 0.0526. The van der Waals surface area contributed by atoms with Crippen LogP contribution >= 0.6 is 0 Å². The molecule has 0 atom stereocenters. The van der Waals surface area contributed by atoms with E-state index in [1.165, 1.54) is 0 Å². The minimum atomic E-state index is 0.892. The first kappa shape index (κ1) is 70.2. The molecule has 0 aromatic heterocycles. The van der Waals surface area contributed by atoms with Gasteiger partial charge in [-0.25, -0.2) is 0 Å². The molecule has 0 unspecified atom stereocenters. The van der Waals surface area contributed by atoms with Crippen molar-refractivity contribution < 1.29 is 0 Å². The summed E-state index contributed by atoms with van der Waals surface area (Å²) in [7, 11) is 0. The van der Waals surface area contributed by atoms with E-state index in [4.69, 9.17) is 0 Å². The summed E-state index contributed by atoms with van der Waals surface area (Å²) >= 11 is 0. The summed E-state index contributed by atoms with van der Waals surface area (Å²) in [4.78, 5) is 0. The molecule has 526 valence electrons. The molecular formula is C114H70. The van der Waals surface area contributed by atoms with Gasteiger partial charge < -0.3 is 0 Å². The Morgan fingerprint density at radius 1 is 0.114 bits per heavy atom. The van der Waals surface area contributed by atoms with Crippen LogP contribution in [0, 0.1) is 136 Å². The second-order valence-electron chi connectivity index (χ2n) is 28.8. The van der Waals surface area contributed by atoms with Crippen LogP contribution in [0.3, 0.4) is 0 Å². The molecule has 0 aliphatic heterocycles. The van der Waals surface area contributed by atoms with Crippen LogP contribution < -0.4 is 0 Å². The van der Waals surface area contributed by atoms with Gasteiger partial charge in [0.25, 0.3) is 0 Å². The van der Waals surface area contributed by atoms with Gasteiger partial charge in [0.1, 0.15) is 0 Å². The predicted molar refractivity (Wildman–Crippen MR) is 480 cm³/mol. The van der Waals surface area contributed by atoms with Crippen LogP contribution in [0.25, 0.3) is 97.3 Å². The van der Waals surface area contributed by atoms with Crippen molar-refractivity contribution in [2.45, 2.75) is 41.5 Å². The summed E-state index contributed by atoms with van der Waals surface area (Å²) < 4.78 is 0. The van der Waals surface area contributed by atoms with Crippen LogP contribution in [-0.2, 0) is 0 Å². The minimum absolute atomic E-state index is 0.892. The molecule has 0 N–H and O–H groups in total. The second kappa shape index (κ2) is 30.5. The van der Waals surface area contributed by atoms with Crippen LogP contribution in [0.5, 0.6) is 0 Å². The van der Waals surface area contributed by atoms with Crippen molar-refractivity contribution in [3.05, 3.63) is 438 Å². The maximum atomic E-state index is 3.97. The summed E-state index contributed by atoms with van der Waals surface area (Å²) in [6, 6.07) is 109. The lowest BCUT2D eigenvalue weighted by atomic mass is 9.79. The van der Waals surface area contributed by atoms with E-state index >= 15 is 0 Å². The first-order valence-corrected chi connectivity index (χ1v) is 38.5. The van der Waals surface area contributed by atoms with Gasteiger partial charge >= 0.3 is 0 Å². The van der Waals surface area contributed by atoms with Crippen LogP contribution in [0.2, 0.25) is 0 Å². The summed E-state index contributed by atoms with van der Waals surface area (Å²) in [6.07, 6.45) is 0. The average Bonchev–Trinajstić information content (AvgIpc) is 0.739. The highest BCUT2D eigenvalue weighted by molar-refractivity contribution is 6.14. The number of fused-ring (bicyclic) bond motifs is 8. The van der Waals surface area contributed by atoms with Gasteiger partial charge in [-0.1, -0.05) is 362 Å². The zero-order chi connectivity index (χ0) is 77.2. The van der Waals surface area contributed by atoms with E-state index in [1.54, 1.807) is 0 Å². The quantitative estimate of drug-likeness (QED) is 0.114. The molecule has 0 amide bonds. The predicted octanol–water partition coefficient (Wildman–Crippen LogP) is 25.6. The molecule has 0 aliphatic carbocycles. The van der Waals surface area contributed by atoms with Crippen molar-refractivity contribution in [3.63, 3.8) is 0 Å². The van der Waals surface area contributed by atoms with Crippen LogP contribution in [-0.4, -0.2) is 0 Å². The molecule has 0 heteroatoms. The Hall–Kier alpha value is -15.5. The van der Waals surface area contributed by atoms with Gasteiger partial charge in [-0.3, -0.25) is 0 Å². The summed E-state index contributed by atoms with van der Waals surface area (Å²) in [6.45, 7) is 13.4. The van der Waals surface area contributed by atoms with Gasteiger partial charge in [-0.05, 0) is 221 Å². The van der Waals surface area contributed by atoms with E-state index in [9.17, 15) is 0 Å². The van der Waals surface area contributed by atoms with Gasteiger partial charge in [-0.15, -0.1) is 0 Å². The highest BCUT2D eigenvalue weighted by atomic mass is 14.3. The molecule has 114 heavy (non-hydrogen) atoms. The smallest absolute Gasteiger partial charge is 0.0406 e. The normalized spacial score (nSPS) is 10.7. The number of hydrogen-bond acceptors (Lipinski definition) is 0. The van der Waals surface area contributed by atoms with Crippen molar-refractivity contribution in [2.24, 2.45) is 0 Å². The standard InChI is InChI=1S/C114H70/c1-75-85(67-71-109-97-51-27-19-43-89(97)105(90-44-20-28-52-98(90)109)63-59-81-35-11-7-12-36-81)77(3)113(78(4)86(75)68-72-110-99-53-29-21-45-91(99)106(92-46-22-30-54-100(92)110)64-60-82-37-13-8-14-38-82)114-79(5)87(69-73-111-101-55-31-23-47-93(101)107(94-48-24-32-56-102(94)111)65-61-83-39-15-9-16-40-83)76(2)88(80(114)6)70-74-112-103-57-33-25-49-95(103)108(96-50-26-34-58-104(96)112)66-62-84-41-17-10-18-42-84/h7-58H,1-6H3. The van der Waals surface area contributed by atoms with Crippen LogP contribution in [0.4, 0.5) is 0 Å². The molecule has 0 bridgehead atoms. The summed E-state index contributed by atoms with van der Waals surface area (Å²) in [5.41, 5.74) is 23.1. The Kier molecular flexibility index (Phi) is 18.8. The fourth-order valence-corrected chi connectivity index (χ4v) is 16.7. The lowest BCUT2D eigenvalue weighted by Crippen LogP contribution is -2.07. The Labute approximate surface area is 666 Å². The average molecular weight is 1440 g/mol. The van der Waals surface area contributed by atoms with Gasteiger partial charge in [0.15, 0.2) is 0 Å². The first-order valence-electron chi connectivity index (χ1n) is 38.5. The molecule has 0 aliphatic rings. The van der Waals surface area contributed by atoms with Crippen molar-refractivity contribution in [1.29, 1.82) is 0 Å². The van der Waals surface area contributed by atoms with Crippen molar-refractivity contribution in [1.82, 2.24) is 0 Å². The molecule has 0 saturated heterocycles. The molecule has 18 rings (SSSR count). The monoisotopic (exact) mass is 1440 g/mol. The molecule has 0 radical (unpaired) electrons. The molecule has 0 spiro atoms. The van der Waals surface area contributed by atoms with Crippen LogP contribution in [0.1, 0.15) is 122 Å². The number of rotatable bonds is 1. The van der Waals surface area contributed by atoms with Crippen molar-refractivity contribution in [2.75, 3.05) is 0 Å². The van der Waals surface area contributed by atoms with Gasteiger partial charge in [0, 0.05) is 89.0 Å². The van der Waals surface area contributed by atoms with E-state index in [0.717, 1.165) is 220 Å². The number of benzene rings is 18. The third-order valence-corrected chi connectivity index (χ3v) is 22.1.